The van der Waals surface area contributed by atoms with Gasteiger partial charge >= 0.3 is 0 Å². The first-order valence-electron chi connectivity index (χ1n) is 8.25. The summed E-state index contributed by atoms with van der Waals surface area (Å²) in [4.78, 5) is 14.9. The predicted octanol–water partition coefficient (Wildman–Crippen LogP) is 5.56. The number of hydrogen-bond acceptors (Lipinski definition) is 2. The molecular formula is C21H16ClFN2O. The molecule has 0 spiro atoms. The molecule has 0 saturated heterocycles. The Morgan fingerprint density at radius 3 is 2.50 bits per heavy atom. The van der Waals surface area contributed by atoms with Crippen LogP contribution in [0.1, 0.15) is 27.7 Å². The van der Waals surface area contributed by atoms with Crippen LogP contribution in [0.5, 0.6) is 0 Å². The van der Waals surface area contributed by atoms with Crippen LogP contribution < -0.4 is 10.2 Å². The van der Waals surface area contributed by atoms with Crippen molar-refractivity contribution >= 4 is 28.9 Å². The lowest BCUT2D eigenvalue weighted by atomic mass is 10.0. The van der Waals surface area contributed by atoms with Crippen LogP contribution >= 0.6 is 11.6 Å². The normalized spacial score (nSPS) is 16.2. The minimum absolute atomic E-state index is 0.131. The highest BCUT2D eigenvalue weighted by Crippen LogP contribution is 2.37. The number of amides is 1. The van der Waals surface area contributed by atoms with Crippen LogP contribution in [0.2, 0.25) is 5.02 Å². The SMILES string of the molecule is Cc1ccc(N2C(=O)c3ccccc3NC2c2ccc(F)cc2)cc1Cl. The van der Waals surface area contributed by atoms with Crippen LogP contribution in [0, 0.1) is 12.7 Å². The summed E-state index contributed by atoms with van der Waals surface area (Å²) in [7, 11) is 0. The second-order valence-corrected chi connectivity index (χ2v) is 6.66. The van der Waals surface area contributed by atoms with Crippen molar-refractivity contribution in [2.75, 3.05) is 10.2 Å². The fraction of sp³-hybridized carbons (Fsp3) is 0.0952. The Kier molecular flexibility index (Phi) is 4.13. The molecule has 4 rings (SSSR count). The summed E-state index contributed by atoms with van der Waals surface area (Å²) in [6, 6.07) is 19.0. The van der Waals surface area contributed by atoms with Gasteiger partial charge in [-0.05, 0) is 54.4 Å². The Balaban J connectivity index is 1.87. The molecule has 3 aromatic carbocycles. The highest BCUT2D eigenvalue weighted by Gasteiger charge is 2.34. The maximum Gasteiger partial charge on any atom is 0.262 e. The molecule has 1 heterocycles. The first kappa shape index (κ1) is 16.6. The third-order valence-electron chi connectivity index (χ3n) is 4.55. The Bertz CT molecular complexity index is 988. The molecule has 26 heavy (non-hydrogen) atoms. The molecule has 0 fully saturated rings. The van der Waals surface area contributed by atoms with Gasteiger partial charge in [-0.25, -0.2) is 4.39 Å². The average Bonchev–Trinajstić information content (AvgIpc) is 2.65. The minimum atomic E-state index is -0.461. The maximum atomic E-state index is 13.4. The molecule has 1 amide bonds. The van der Waals surface area contributed by atoms with Crippen molar-refractivity contribution in [3.8, 4) is 0 Å². The number of fused-ring (bicyclic) bond motifs is 1. The van der Waals surface area contributed by atoms with E-state index in [0.29, 0.717) is 16.3 Å². The van der Waals surface area contributed by atoms with Crippen molar-refractivity contribution in [3.63, 3.8) is 0 Å². The van der Waals surface area contributed by atoms with Crippen LogP contribution in [-0.2, 0) is 0 Å². The van der Waals surface area contributed by atoms with Gasteiger partial charge in [0.1, 0.15) is 12.0 Å². The van der Waals surface area contributed by atoms with Crippen molar-refractivity contribution in [1.82, 2.24) is 0 Å². The van der Waals surface area contributed by atoms with Gasteiger partial charge in [0.15, 0.2) is 0 Å². The summed E-state index contributed by atoms with van der Waals surface area (Å²) in [5.74, 6) is -0.449. The van der Waals surface area contributed by atoms with Gasteiger partial charge in [0.25, 0.3) is 5.91 Å². The number of para-hydroxylation sites is 1. The van der Waals surface area contributed by atoms with Crippen LogP contribution in [0.25, 0.3) is 0 Å². The quantitative estimate of drug-likeness (QED) is 0.644. The molecule has 130 valence electrons. The van der Waals surface area contributed by atoms with E-state index < -0.39 is 6.17 Å². The van der Waals surface area contributed by atoms with Gasteiger partial charge in [-0.3, -0.25) is 9.69 Å². The second kappa shape index (κ2) is 6.46. The third kappa shape index (κ3) is 2.82. The van der Waals surface area contributed by atoms with E-state index in [-0.39, 0.29) is 11.7 Å². The lowest BCUT2D eigenvalue weighted by molar-refractivity contribution is 0.0975. The van der Waals surface area contributed by atoms with E-state index in [2.05, 4.69) is 5.32 Å². The van der Waals surface area contributed by atoms with Gasteiger partial charge in [-0.1, -0.05) is 41.9 Å². The van der Waals surface area contributed by atoms with Crippen LogP contribution in [0.4, 0.5) is 15.8 Å². The van der Waals surface area contributed by atoms with E-state index in [1.54, 1.807) is 29.2 Å². The Morgan fingerprint density at radius 1 is 1.04 bits per heavy atom. The molecule has 1 N–H and O–H groups in total. The largest absolute Gasteiger partial charge is 0.360 e. The molecule has 0 saturated carbocycles. The molecule has 0 aliphatic carbocycles. The van der Waals surface area contributed by atoms with Gasteiger partial charge in [0.2, 0.25) is 0 Å². The standard InChI is InChI=1S/C21H16ClFN2O/c1-13-6-11-16(12-18(13)22)25-20(14-7-9-15(23)10-8-14)24-19-5-3-2-4-17(19)21(25)26/h2-12,20,24H,1H3. The first-order chi connectivity index (χ1) is 12.5. The third-order valence-corrected chi connectivity index (χ3v) is 4.95. The van der Waals surface area contributed by atoms with E-state index in [4.69, 9.17) is 11.6 Å². The van der Waals surface area contributed by atoms with E-state index in [1.807, 2.05) is 37.3 Å². The Labute approximate surface area is 156 Å². The zero-order valence-electron chi connectivity index (χ0n) is 14.0. The molecule has 0 radical (unpaired) electrons. The number of nitrogens with one attached hydrogen (secondary N) is 1. The zero-order valence-corrected chi connectivity index (χ0v) is 14.8. The summed E-state index contributed by atoms with van der Waals surface area (Å²) < 4.78 is 13.4. The van der Waals surface area contributed by atoms with Gasteiger partial charge in [-0.2, -0.15) is 0 Å². The highest BCUT2D eigenvalue weighted by molar-refractivity contribution is 6.31. The summed E-state index contributed by atoms with van der Waals surface area (Å²) in [5.41, 5.74) is 3.74. The second-order valence-electron chi connectivity index (χ2n) is 6.25. The predicted molar refractivity (Wildman–Crippen MR) is 102 cm³/mol. The molecule has 1 atom stereocenters. The number of rotatable bonds is 2. The minimum Gasteiger partial charge on any atom is -0.360 e. The average molecular weight is 367 g/mol. The van der Waals surface area contributed by atoms with Gasteiger partial charge in [-0.15, -0.1) is 0 Å². The monoisotopic (exact) mass is 366 g/mol. The fourth-order valence-electron chi connectivity index (χ4n) is 3.13. The van der Waals surface area contributed by atoms with Crippen LogP contribution in [0.15, 0.2) is 66.7 Å². The lowest BCUT2D eigenvalue weighted by Crippen LogP contribution is -2.43. The summed E-state index contributed by atoms with van der Waals surface area (Å²) >= 11 is 6.29. The van der Waals surface area contributed by atoms with E-state index in [1.165, 1.54) is 12.1 Å². The van der Waals surface area contributed by atoms with Gasteiger partial charge < -0.3 is 5.32 Å². The number of nitrogens with zero attached hydrogens (tertiary/aromatic N) is 1. The molecule has 1 aliphatic heterocycles. The number of anilines is 2. The fourth-order valence-corrected chi connectivity index (χ4v) is 3.30. The van der Waals surface area contributed by atoms with Crippen molar-refractivity contribution in [3.05, 3.63) is 94.3 Å². The molecule has 3 aromatic rings. The molecule has 1 unspecified atom stereocenters. The molecule has 1 aliphatic rings. The summed E-state index contributed by atoms with van der Waals surface area (Å²) in [6.45, 7) is 1.91. The Morgan fingerprint density at radius 2 is 1.77 bits per heavy atom. The van der Waals surface area contributed by atoms with Crippen molar-refractivity contribution < 1.29 is 9.18 Å². The van der Waals surface area contributed by atoms with Crippen molar-refractivity contribution in [2.24, 2.45) is 0 Å². The van der Waals surface area contributed by atoms with Crippen LogP contribution in [-0.4, -0.2) is 5.91 Å². The van der Waals surface area contributed by atoms with Gasteiger partial charge in [0, 0.05) is 16.4 Å². The summed E-state index contributed by atoms with van der Waals surface area (Å²) in [6.07, 6.45) is -0.461. The lowest BCUT2D eigenvalue weighted by Gasteiger charge is -2.38. The van der Waals surface area contributed by atoms with Crippen molar-refractivity contribution in [2.45, 2.75) is 13.1 Å². The summed E-state index contributed by atoms with van der Waals surface area (Å²) in [5, 5.41) is 3.98. The number of carbonyl (C=O) groups is 1. The van der Waals surface area contributed by atoms with E-state index >= 15 is 0 Å². The maximum absolute atomic E-state index is 13.4. The smallest absolute Gasteiger partial charge is 0.262 e. The molecule has 0 aromatic heterocycles. The zero-order chi connectivity index (χ0) is 18.3. The van der Waals surface area contributed by atoms with Crippen molar-refractivity contribution in [1.29, 1.82) is 0 Å². The van der Waals surface area contributed by atoms with Gasteiger partial charge in [0.05, 0.1) is 5.56 Å². The Hall–Kier alpha value is -2.85. The topological polar surface area (TPSA) is 32.3 Å². The number of benzene rings is 3. The molecule has 5 heteroatoms. The number of aryl methyl sites for hydroxylation is 1. The van der Waals surface area contributed by atoms with Crippen LogP contribution in [0.3, 0.4) is 0 Å². The number of hydrogen-bond donors (Lipinski definition) is 1. The van der Waals surface area contributed by atoms with E-state index in [9.17, 15) is 9.18 Å². The highest BCUT2D eigenvalue weighted by atomic mass is 35.5. The molecule has 0 bridgehead atoms. The van der Waals surface area contributed by atoms with E-state index in [0.717, 1.165) is 16.8 Å². The number of carbonyl (C=O) groups excluding carboxylic acids is 1. The first-order valence-corrected chi connectivity index (χ1v) is 8.63. The number of halogens is 2. The molecular weight excluding hydrogens is 351 g/mol. The molecule has 3 nitrogen and oxygen atoms in total.